The normalized spacial score (nSPS) is 15.8. The highest BCUT2D eigenvalue weighted by molar-refractivity contribution is 5.72. The monoisotopic (exact) mass is 203 g/mol. The van der Waals surface area contributed by atoms with E-state index in [1.165, 1.54) is 16.8 Å². The zero-order chi connectivity index (χ0) is 11.5. The molecule has 0 aromatic heterocycles. The lowest BCUT2D eigenvalue weighted by Gasteiger charge is -2.29. The molecule has 0 radical (unpaired) electrons. The van der Waals surface area contributed by atoms with Crippen LogP contribution in [-0.2, 0) is 0 Å². The van der Waals surface area contributed by atoms with E-state index in [2.05, 4.69) is 56.4 Å². The molecule has 2 rings (SSSR count). The minimum Gasteiger partial charge on any atom is -0.376 e. The van der Waals surface area contributed by atoms with Crippen molar-refractivity contribution in [2.75, 3.05) is 5.32 Å². The van der Waals surface area contributed by atoms with Gasteiger partial charge in [-0.2, -0.15) is 0 Å². The van der Waals surface area contributed by atoms with Crippen LogP contribution in [0.4, 0.5) is 5.69 Å². The largest absolute Gasteiger partial charge is 0.376 e. The fourth-order valence-electron chi connectivity index (χ4n) is 1.62. The smallest absolute Gasteiger partial charge is 0.0503 e. The first kappa shape index (κ1) is 11.8. The summed E-state index contributed by atoms with van der Waals surface area (Å²) in [4.78, 5) is 0. The van der Waals surface area contributed by atoms with Crippen molar-refractivity contribution in [3.8, 4) is 0 Å². The van der Waals surface area contributed by atoms with Crippen LogP contribution in [0.15, 0.2) is 24.3 Å². The van der Waals surface area contributed by atoms with Crippen LogP contribution in [0.5, 0.6) is 0 Å². The van der Waals surface area contributed by atoms with E-state index in [1.807, 2.05) is 13.8 Å². The second kappa shape index (κ2) is 4.52. The van der Waals surface area contributed by atoms with E-state index in [9.17, 15) is 0 Å². The van der Waals surface area contributed by atoms with Crippen molar-refractivity contribution in [1.29, 1.82) is 0 Å². The van der Waals surface area contributed by atoms with Gasteiger partial charge in [-0.25, -0.2) is 0 Å². The third kappa shape index (κ3) is 2.85. The molecular formula is C14H21N. The fraction of sp³-hybridized carbons (Fsp3) is 0.429. The van der Waals surface area contributed by atoms with Crippen LogP contribution >= 0.6 is 0 Å². The zero-order valence-electron chi connectivity index (χ0n) is 10.4. The van der Waals surface area contributed by atoms with Crippen LogP contribution in [0.2, 0.25) is 0 Å². The summed E-state index contributed by atoms with van der Waals surface area (Å²) in [6.07, 6.45) is 4.40. The fourth-order valence-corrected chi connectivity index (χ4v) is 1.62. The molecule has 15 heavy (non-hydrogen) atoms. The van der Waals surface area contributed by atoms with Crippen LogP contribution < -0.4 is 5.32 Å². The molecule has 0 unspecified atom stereocenters. The topological polar surface area (TPSA) is 12.0 Å². The Kier molecular flexibility index (Phi) is 3.57. The first-order chi connectivity index (χ1) is 7.07. The third-order valence-corrected chi connectivity index (χ3v) is 2.34. The average molecular weight is 203 g/mol. The van der Waals surface area contributed by atoms with Crippen molar-refractivity contribution in [3.63, 3.8) is 0 Å². The van der Waals surface area contributed by atoms with Crippen molar-refractivity contribution < 1.29 is 0 Å². The Bertz CT molecular complexity index is 362. The summed E-state index contributed by atoms with van der Waals surface area (Å²) in [7, 11) is 0. The standard InChI is InChI=1S/C12H15N.C2H6/c1-9-4-5-11-10(8-9)6-7-12(2,3)13-11;1-2/h4-8,13H,1-3H3;1-2H3. The van der Waals surface area contributed by atoms with E-state index >= 15 is 0 Å². The second-order valence-corrected chi connectivity index (χ2v) is 4.27. The van der Waals surface area contributed by atoms with E-state index in [0.29, 0.717) is 0 Å². The molecule has 1 heterocycles. The van der Waals surface area contributed by atoms with Gasteiger partial charge in [0.1, 0.15) is 0 Å². The summed E-state index contributed by atoms with van der Waals surface area (Å²) in [5.41, 5.74) is 3.92. The first-order valence-electron chi connectivity index (χ1n) is 5.65. The third-order valence-electron chi connectivity index (χ3n) is 2.34. The number of anilines is 1. The molecule has 1 N–H and O–H groups in total. The van der Waals surface area contributed by atoms with E-state index in [-0.39, 0.29) is 5.54 Å². The van der Waals surface area contributed by atoms with Crippen molar-refractivity contribution in [2.45, 2.75) is 40.2 Å². The Morgan fingerprint density at radius 3 is 2.47 bits per heavy atom. The molecule has 1 nitrogen and oxygen atoms in total. The molecule has 0 aliphatic carbocycles. The highest BCUT2D eigenvalue weighted by Gasteiger charge is 2.18. The average Bonchev–Trinajstić information content (AvgIpc) is 2.21. The van der Waals surface area contributed by atoms with Crippen LogP contribution in [0, 0.1) is 6.92 Å². The lowest BCUT2D eigenvalue weighted by Crippen LogP contribution is -2.30. The minimum absolute atomic E-state index is 0.0856. The van der Waals surface area contributed by atoms with Gasteiger partial charge in [0.15, 0.2) is 0 Å². The summed E-state index contributed by atoms with van der Waals surface area (Å²) >= 11 is 0. The Labute approximate surface area is 93.2 Å². The lowest BCUT2D eigenvalue weighted by atomic mass is 9.96. The molecule has 0 fully saturated rings. The maximum absolute atomic E-state index is 3.48. The molecule has 1 aromatic carbocycles. The van der Waals surface area contributed by atoms with Gasteiger partial charge in [0.05, 0.1) is 5.54 Å². The van der Waals surface area contributed by atoms with Gasteiger partial charge in [0, 0.05) is 5.69 Å². The van der Waals surface area contributed by atoms with Crippen LogP contribution in [0.1, 0.15) is 38.8 Å². The number of hydrogen-bond donors (Lipinski definition) is 1. The maximum atomic E-state index is 3.48. The molecule has 0 saturated carbocycles. The highest BCUT2D eigenvalue weighted by atomic mass is 15.0. The predicted octanol–water partition coefficient (Wildman–Crippen LogP) is 4.24. The molecule has 0 spiro atoms. The molecule has 1 aliphatic heterocycles. The quantitative estimate of drug-likeness (QED) is 0.665. The van der Waals surface area contributed by atoms with E-state index in [4.69, 9.17) is 0 Å². The molecule has 0 atom stereocenters. The van der Waals surface area contributed by atoms with E-state index in [1.54, 1.807) is 0 Å². The van der Waals surface area contributed by atoms with Crippen LogP contribution in [-0.4, -0.2) is 5.54 Å². The van der Waals surface area contributed by atoms with Gasteiger partial charge in [-0.1, -0.05) is 37.6 Å². The van der Waals surface area contributed by atoms with Gasteiger partial charge in [-0.3, -0.25) is 0 Å². The zero-order valence-corrected chi connectivity index (χ0v) is 10.4. The number of benzene rings is 1. The molecule has 0 saturated heterocycles. The van der Waals surface area contributed by atoms with Gasteiger partial charge in [0.25, 0.3) is 0 Å². The van der Waals surface area contributed by atoms with Crippen molar-refractivity contribution >= 4 is 11.8 Å². The summed E-state index contributed by atoms with van der Waals surface area (Å²) in [6.45, 7) is 10.5. The Morgan fingerprint density at radius 2 is 1.80 bits per heavy atom. The number of fused-ring (bicyclic) bond motifs is 1. The first-order valence-corrected chi connectivity index (χ1v) is 5.65. The molecule has 1 aromatic rings. The van der Waals surface area contributed by atoms with Gasteiger partial charge >= 0.3 is 0 Å². The van der Waals surface area contributed by atoms with Crippen LogP contribution in [0.3, 0.4) is 0 Å². The molecule has 1 heteroatoms. The van der Waals surface area contributed by atoms with Gasteiger partial charge in [0.2, 0.25) is 0 Å². The summed E-state index contributed by atoms with van der Waals surface area (Å²) < 4.78 is 0. The summed E-state index contributed by atoms with van der Waals surface area (Å²) in [5.74, 6) is 0. The van der Waals surface area contributed by atoms with Gasteiger partial charge in [-0.05, 0) is 38.5 Å². The number of nitrogens with one attached hydrogen (secondary N) is 1. The number of hydrogen-bond acceptors (Lipinski definition) is 1. The molecule has 0 bridgehead atoms. The van der Waals surface area contributed by atoms with Crippen LogP contribution in [0.25, 0.3) is 6.08 Å². The maximum Gasteiger partial charge on any atom is 0.0503 e. The highest BCUT2D eigenvalue weighted by Crippen LogP contribution is 2.28. The van der Waals surface area contributed by atoms with E-state index in [0.717, 1.165) is 0 Å². The van der Waals surface area contributed by atoms with Crippen molar-refractivity contribution in [1.82, 2.24) is 0 Å². The Morgan fingerprint density at radius 1 is 1.13 bits per heavy atom. The summed E-state index contributed by atoms with van der Waals surface area (Å²) in [5, 5.41) is 3.48. The number of rotatable bonds is 0. The second-order valence-electron chi connectivity index (χ2n) is 4.27. The van der Waals surface area contributed by atoms with Crippen molar-refractivity contribution in [3.05, 3.63) is 35.4 Å². The molecule has 1 aliphatic rings. The predicted molar refractivity (Wildman–Crippen MR) is 69.3 cm³/mol. The summed E-state index contributed by atoms with van der Waals surface area (Å²) in [6, 6.07) is 6.49. The van der Waals surface area contributed by atoms with Crippen molar-refractivity contribution in [2.24, 2.45) is 0 Å². The Balaban J connectivity index is 0.000000531. The minimum atomic E-state index is 0.0856. The SMILES string of the molecule is CC.Cc1ccc2c(c1)C=CC(C)(C)N2. The van der Waals surface area contributed by atoms with E-state index < -0.39 is 0 Å². The lowest BCUT2D eigenvalue weighted by molar-refractivity contribution is 0.711. The molecule has 0 amide bonds. The molecular weight excluding hydrogens is 182 g/mol. The Hall–Kier alpha value is -1.24. The van der Waals surface area contributed by atoms with Gasteiger partial charge in [-0.15, -0.1) is 0 Å². The molecule has 82 valence electrons. The number of aryl methyl sites for hydroxylation is 1. The van der Waals surface area contributed by atoms with Gasteiger partial charge < -0.3 is 5.32 Å².